The Hall–Kier alpha value is -1.85. The quantitative estimate of drug-likeness (QED) is 0.695. The third-order valence-corrected chi connectivity index (χ3v) is 1.64. The molecule has 6 nitrogen and oxygen atoms in total. The van der Waals surface area contributed by atoms with Gasteiger partial charge in [0.05, 0.1) is 0 Å². The lowest BCUT2D eigenvalue weighted by molar-refractivity contribution is -0.144. The van der Waals surface area contributed by atoms with Crippen LogP contribution in [0.5, 0.6) is 0 Å². The molecule has 0 saturated heterocycles. The van der Waals surface area contributed by atoms with E-state index in [1.807, 2.05) is 0 Å². The fourth-order valence-electron chi connectivity index (χ4n) is 0.772. The van der Waals surface area contributed by atoms with Crippen molar-refractivity contribution in [3.8, 4) is 0 Å². The number of nitrogens with one attached hydrogen (secondary N) is 1. The van der Waals surface area contributed by atoms with Crippen molar-refractivity contribution >= 4 is 17.7 Å². The highest BCUT2D eigenvalue weighted by molar-refractivity contribution is 6.03. The number of carbonyl (C=O) groups excluding carboxylic acids is 1. The maximum absolute atomic E-state index is 11.2. The number of amides is 1. The molecule has 14 heavy (non-hydrogen) atoms. The molecule has 0 aliphatic heterocycles. The normalized spacial score (nSPS) is 12.1. The third-order valence-electron chi connectivity index (χ3n) is 1.64. The van der Waals surface area contributed by atoms with Crippen molar-refractivity contribution in [3.05, 3.63) is 11.8 Å². The fraction of sp³-hybridized carbons (Fsp3) is 0.375. The van der Waals surface area contributed by atoms with Gasteiger partial charge in [-0.15, -0.1) is 0 Å². The maximum atomic E-state index is 11.2. The number of anilines is 1. The summed E-state index contributed by atoms with van der Waals surface area (Å²) in [6.07, 6.45) is 0. The first-order chi connectivity index (χ1) is 6.50. The number of aromatic nitrogens is 1. The number of carboxylic acids is 1. The summed E-state index contributed by atoms with van der Waals surface area (Å²) < 4.78 is 4.69. The Morgan fingerprint density at radius 1 is 1.64 bits per heavy atom. The average molecular weight is 198 g/mol. The van der Waals surface area contributed by atoms with Gasteiger partial charge in [0.25, 0.3) is 0 Å². The van der Waals surface area contributed by atoms with Crippen molar-refractivity contribution in [2.45, 2.75) is 13.8 Å². The second-order valence-corrected chi connectivity index (χ2v) is 2.87. The van der Waals surface area contributed by atoms with E-state index in [1.165, 1.54) is 13.0 Å². The summed E-state index contributed by atoms with van der Waals surface area (Å²) in [4.78, 5) is 21.6. The molecule has 6 heteroatoms. The topological polar surface area (TPSA) is 92.4 Å². The number of carbonyl (C=O) groups is 2. The van der Waals surface area contributed by atoms with Crippen LogP contribution in [0.2, 0.25) is 0 Å². The van der Waals surface area contributed by atoms with Gasteiger partial charge in [0.2, 0.25) is 5.91 Å². The van der Waals surface area contributed by atoms with Crippen LogP contribution in [0.4, 0.5) is 5.82 Å². The predicted octanol–water partition coefficient (Wildman–Crippen LogP) is 0.642. The molecule has 0 radical (unpaired) electrons. The van der Waals surface area contributed by atoms with Crippen LogP contribution >= 0.6 is 0 Å². The summed E-state index contributed by atoms with van der Waals surface area (Å²) in [5, 5.41) is 14.3. The molecule has 0 saturated carbocycles. The first-order valence-corrected chi connectivity index (χ1v) is 3.97. The molecule has 76 valence electrons. The Kier molecular flexibility index (Phi) is 2.85. The van der Waals surface area contributed by atoms with Gasteiger partial charge < -0.3 is 14.9 Å². The van der Waals surface area contributed by atoms with Gasteiger partial charge in [0, 0.05) is 6.07 Å². The van der Waals surface area contributed by atoms with Gasteiger partial charge in [0.1, 0.15) is 11.7 Å². The Labute approximate surface area is 79.9 Å². The smallest absolute Gasteiger partial charge is 0.315 e. The molecule has 1 rings (SSSR count). The van der Waals surface area contributed by atoms with Gasteiger partial charge in [0.15, 0.2) is 5.82 Å². The molecule has 1 amide bonds. The third kappa shape index (κ3) is 2.32. The van der Waals surface area contributed by atoms with Crippen molar-refractivity contribution in [1.82, 2.24) is 5.16 Å². The van der Waals surface area contributed by atoms with Crippen LogP contribution in [-0.4, -0.2) is 22.1 Å². The molecule has 0 aromatic carbocycles. The van der Waals surface area contributed by atoms with E-state index in [1.54, 1.807) is 6.92 Å². The average Bonchev–Trinajstić information content (AvgIpc) is 2.49. The van der Waals surface area contributed by atoms with Crippen molar-refractivity contribution in [2.75, 3.05) is 5.32 Å². The fourth-order valence-corrected chi connectivity index (χ4v) is 0.772. The predicted molar refractivity (Wildman–Crippen MR) is 46.7 cm³/mol. The first kappa shape index (κ1) is 10.2. The molecular weight excluding hydrogens is 188 g/mol. The lowest BCUT2D eigenvalue weighted by atomic mass is 10.2. The molecule has 0 aliphatic rings. The van der Waals surface area contributed by atoms with E-state index in [2.05, 4.69) is 10.5 Å². The van der Waals surface area contributed by atoms with Crippen LogP contribution in [0, 0.1) is 12.8 Å². The number of rotatable bonds is 3. The summed E-state index contributed by atoms with van der Waals surface area (Å²) >= 11 is 0. The van der Waals surface area contributed by atoms with E-state index in [9.17, 15) is 9.59 Å². The number of hydrogen-bond donors (Lipinski definition) is 2. The molecule has 0 bridgehead atoms. The van der Waals surface area contributed by atoms with Crippen LogP contribution < -0.4 is 5.32 Å². The van der Waals surface area contributed by atoms with Gasteiger partial charge in [-0.2, -0.15) is 0 Å². The Bertz CT molecular complexity index is 358. The summed E-state index contributed by atoms with van der Waals surface area (Å²) in [5.74, 6) is -2.13. The minimum absolute atomic E-state index is 0.223. The van der Waals surface area contributed by atoms with Crippen LogP contribution in [-0.2, 0) is 9.59 Å². The SMILES string of the molecule is Cc1cc(NC(=O)C(C)C(=O)O)no1. The number of aliphatic carboxylic acids is 1. The highest BCUT2D eigenvalue weighted by Gasteiger charge is 2.21. The molecule has 2 N–H and O–H groups in total. The minimum Gasteiger partial charge on any atom is -0.481 e. The van der Waals surface area contributed by atoms with Crippen molar-refractivity contribution in [2.24, 2.45) is 5.92 Å². The van der Waals surface area contributed by atoms with Crippen molar-refractivity contribution < 1.29 is 19.2 Å². The zero-order valence-electron chi connectivity index (χ0n) is 7.77. The summed E-state index contributed by atoms with van der Waals surface area (Å²) in [5.41, 5.74) is 0. The van der Waals surface area contributed by atoms with Crippen LogP contribution in [0.1, 0.15) is 12.7 Å². The number of carboxylic acid groups (broad SMARTS) is 1. The monoisotopic (exact) mass is 198 g/mol. The Morgan fingerprint density at radius 3 is 2.71 bits per heavy atom. The van der Waals surface area contributed by atoms with Crippen LogP contribution in [0.25, 0.3) is 0 Å². The molecule has 1 heterocycles. The van der Waals surface area contributed by atoms with E-state index in [4.69, 9.17) is 9.63 Å². The van der Waals surface area contributed by atoms with E-state index < -0.39 is 17.8 Å². The molecule has 1 atom stereocenters. The summed E-state index contributed by atoms with van der Waals surface area (Å²) in [6, 6.07) is 1.51. The molecule has 1 aromatic heterocycles. The van der Waals surface area contributed by atoms with Gasteiger partial charge in [-0.1, -0.05) is 5.16 Å². The maximum Gasteiger partial charge on any atom is 0.315 e. The van der Waals surface area contributed by atoms with Gasteiger partial charge in [-0.05, 0) is 13.8 Å². The van der Waals surface area contributed by atoms with Gasteiger partial charge >= 0.3 is 5.97 Å². The second kappa shape index (κ2) is 3.91. The number of aryl methyl sites for hydroxylation is 1. The minimum atomic E-state index is -1.18. The largest absolute Gasteiger partial charge is 0.481 e. The van der Waals surface area contributed by atoms with E-state index in [0.29, 0.717) is 5.76 Å². The Balaban J connectivity index is 2.61. The second-order valence-electron chi connectivity index (χ2n) is 2.87. The van der Waals surface area contributed by atoms with Crippen molar-refractivity contribution in [3.63, 3.8) is 0 Å². The summed E-state index contributed by atoms with van der Waals surface area (Å²) in [6.45, 7) is 2.97. The Morgan fingerprint density at radius 2 is 2.29 bits per heavy atom. The van der Waals surface area contributed by atoms with E-state index in [-0.39, 0.29) is 5.82 Å². The molecule has 1 aromatic rings. The molecule has 0 aliphatic carbocycles. The number of hydrogen-bond acceptors (Lipinski definition) is 4. The lowest BCUT2D eigenvalue weighted by Crippen LogP contribution is -2.26. The molecule has 0 fully saturated rings. The van der Waals surface area contributed by atoms with Gasteiger partial charge in [-0.3, -0.25) is 9.59 Å². The van der Waals surface area contributed by atoms with Gasteiger partial charge in [-0.25, -0.2) is 0 Å². The number of nitrogens with zero attached hydrogens (tertiary/aromatic N) is 1. The van der Waals surface area contributed by atoms with E-state index in [0.717, 1.165) is 0 Å². The lowest BCUT2D eigenvalue weighted by Gasteiger charge is -2.04. The first-order valence-electron chi connectivity index (χ1n) is 3.97. The molecule has 0 spiro atoms. The van der Waals surface area contributed by atoms with Crippen LogP contribution in [0.15, 0.2) is 10.6 Å². The zero-order valence-corrected chi connectivity index (χ0v) is 7.77. The zero-order chi connectivity index (χ0) is 10.7. The standard InChI is InChI=1S/C8H10N2O4/c1-4-3-6(10-14-4)9-7(11)5(2)8(12)13/h3,5H,1-2H3,(H,12,13)(H,9,10,11). The highest BCUT2D eigenvalue weighted by Crippen LogP contribution is 2.08. The molecular formula is C8H10N2O4. The summed E-state index contributed by atoms with van der Waals surface area (Å²) in [7, 11) is 0. The highest BCUT2D eigenvalue weighted by atomic mass is 16.5. The molecule has 1 unspecified atom stereocenters. The van der Waals surface area contributed by atoms with E-state index >= 15 is 0 Å². The van der Waals surface area contributed by atoms with Crippen molar-refractivity contribution in [1.29, 1.82) is 0 Å². The van der Waals surface area contributed by atoms with Crippen LogP contribution in [0.3, 0.4) is 0 Å².